The topological polar surface area (TPSA) is 21.3 Å². The Hall–Kier alpha value is -0.380. The van der Waals surface area contributed by atoms with Crippen molar-refractivity contribution in [1.82, 2.24) is 5.32 Å². The summed E-state index contributed by atoms with van der Waals surface area (Å²) in [6.45, 7) is 8.49. The number of ether oxygens (including phenoxy) is 1. The average Bonchev–Trinajstić information content (AvgIpc) is 2.93. The first kappa shape index (κ1) is 17.0. The Labute approximate surface area is 134 Å². The third kappa shape index (κ3) is 4.54. The summed E-state index contributed by atoms with van der Waals surface area (Å²) in [6, 6.07) is 2.61. The molecule has 2 nitrogen and oxygen atoms in total. The second-order valence-corrected chi connectivity index (χ2v) is 7.17. The van der Waals surface area contributed by atoms with Crippen molar-refractivity contribution in [2.75, 3.05) is 13.2 Å². The number of thiophene rings is 1. The van der Waals surface area contributed by atoms with Crippen molar-refractivity contribution in [3.05, 3.63) is 21.9 Å². The zero-order valence-corrected chi connectivity index (χ0v) is 14.7. The molecule has 2 unspecified atom stereocenters. The largest absolute Gasteiger partial charge is 0.376 e. The fourth-order valence-corrected chi connectivity index (χ4v) is 4.56. The number of hydrogen-bond acceptors (Lipinski definition) is 3. The molecule has 1 aliphatic rings. The normalized spacial score (nSPS) is 19.6. The van der Waals surface area contributed by atoms with Gasteiger partial charge in [0, 0.05) is 11.5 Å². The van der Waals surface area contributed by atoms with Gasteiger partial charge < -0.3 is 10.1 Å². The molecule has 3 heteroatoms. The van der Waals surface area contributed by atoms with E-state index in [1.165, 1.54) is 49.0 Å². The lowest BCUT2D eigenvalue weighted by atomic mass is 9.81. The predicted octanol–water partition coefficient (Wildman–Crippen LogP) is 5.08. The van der Waals surface area contributed by atoms with E-state index in [0.717, 1.165) is 19.1 Å². The van der Waals surface area contributed by atoms with Gasteiger partial charge in [-0.2, -0.15) is 0 Å². The SMILES string of the molecule is CCCNC(c1sccc1C)C(OCC)C1CCCCC1. The van der Waals surface area contributed by atoms with Crippen molar-refractivity contribution in [2.24, 2.45) is 5.92 Å². The van der Waals surface area contributed by atoms with Crippen LogP contribution in [0.1, 0.15) is 68.9 Å². The molecular weight excluding hydrogens is 278 g/mol. The van der Waals surface area contributed by atoms with Crippen LogP contribution in [0.5, 0.6) is 0 Å². The highest BCUT2D eigenvalue weighted by Crippen LogP contribution is 2.37. The van der Waals surface area contributed by atoms with Crippen LogP contribution < -0.4 is 5.32 Å². The third-order valence-corrected chi connectivity index (χ3v) is 5.70. The Kier molecular flexibility index (Phi) is 7.21. The van der Waals surface area contributed by atoms with Crippen LogP contribution in [0.2, 0.25) is 0 Å². The van der Waals surface area contributed by atoms with E-state index in [0.29, 0.717) is 12.1 Å². The Morgan fingerprint density at radius 2 is 2.05 bits per heavy atom. The van der Waals surface area contributed by atoms with Crippen LogP contribution in [-0.4, -0.2) is 19.3 Å². The molecule has 21 heavy (non-hydrogen) atoms. The average molecular weight is 310 g/mol. The molecule has 0 saturated heterocycles. The lowest BCUT2D eigenvalue weighted by Gasteiger charge is -2.36. The van der Waals surface area contributed by atoms with Gasteiger partial charge in [-0.3, -0.25) is 0 Å². The summed E-state index contributed by atoms with van der Waals surface area (Å²) in [4.78, 5) is 1.48. The fourth-order valence-electron chi connectivity index (χ4n) is 3.52. The summed E-state index contributed by atoms with van der Waals surface area (Å²) >= 11 is 1.88. The molecule has 2 atom stereocenters. The van der Waals surface area contributed by atoms with Gasteiger partial charge in [-0.15, -0.1) is 11.3 Å². The molecule has 1 N–H and O–H groups in total. The van der Waals surface area contributed by atoms with Gasteiger partial charge in [-0.1, -0.05) is 26.2 Å². The first-order chi connectivity index (χ1) is 10.3. The molecule has 1 aromatic heterocycles. The van der Waals surface area contributed by atoms with Crippen molar-refractivity contribution >= 4 is 11.3 Å². The molecule has 1 fully saturated rings. The van der Waals surface area contributed by atoms with E-state index in [1.54, 1.807) is 0 Å². The molecule has 0 radical (unpaired) electrons. The molecule has 0 aromatic carbocycles. The Morgan fingerprint density at radius 3 is 2.62 bits per heavy atom. The van der Waals surface area contributed by atoms with Crippen LogP contribution in [0, 0.1) is 12.8 Å². The van der Waals surface area contributed by atoms with Crippen LogP contribution in [0.4, 0.5) is 0 Å². The van der Waals surface area contributed by atoms with Gasteiger partial charge in [0.15, 0.2) is 0 Å². The third-order valence-electron chi connectivity index (χ3n) is 4.60. The molecule has 0 aliphatic heterocycles. The zero-order chi connectivity index (χ0) is 15.1. The van der Waals surface area contributed by atoms with E-state index in [2.05, 4.69) is 37.5 Å². The van der Waals surface area contributed by atoms with Crippen molar-refractivity contribution < 1.29 is 4.74 Å². The van der Waals surface area contributed by atoms with Gasteiger partial charge in [0.2, 0.25) is 0 Å². The van der Waals surface area contributed by atoms with Gasteiger partial charge in [0.25, 0.3) is 0 Å². The minimum atomic E-state index is 0.333. The molecule has 1 aliphatic carbocycles. The van der Waals surface area contributed by atoms with Gasteiger partial charge in [0.05, 0.1) is 12.1 Å². The molecule has 0 amide bonds. The minimum absolute atomic E-state index is 0.333. The Morgan fingerprint density at radius 1 is 1.29 bits per heavy atom. The maximum Gasteiger partial charge on any atom is 0.0805 e. The summed E-state index contributed by atoms with van der Waals surface area (Å²) < 4.78 is 6.26. The monoisotopic (exact) mass is 309 g/mol. The van der Waals surface area contributed by atoms with Crippen molar-refractivity contribution in [1.29, 1.82) is 0 Å². The molecule has 120 valence electrons. The second kappa shape index (κ2) is 8.92. The van der Waals surface area contributed by atoms with Gasteiger partial charge in [-0.25, -0.2) is 0 Å². The van der Waals surface area contributed by atoms with Gasteiger partial charge in [-0.05, 0) is 62.6 Å². The number of aryl methyl sites for hydroxylation is 1. The zero-order valence-electron chi connectivity index (χ0n) is 13.9. The predicted molar refractivity (Wildman–Crippen MR) is 92.1 cm³/mol. The number of rotatable bonds is 8. The molecule has 1 saturated carbocycles. The summed E-state index contributed by atoms with van der Waals surface area (Å²) in [6.07, 6.45) is 8.32. The highest BCUT2D eigenvalue weighted by molar-refractivity contribution is 7.10. The first-order valence-electron chi connectivity index (χ1n) is 8.66. The van der Waals surface area contributed by atoms with Crippen LogP contribution in [0.3, 0.4) is 0 Å². The van der Waals surface area contributed by atoms with E-state index in [4.69, 9.17) is 4.74 Å². The highest BCUT2D eigenvalue weighted by Gasteiger charge is 2.33. The number of nitrogens with one attached hydrogen (secondary N) is 1. The van der Waals surface area contributed by atoms with Crippen LogP contribution >= 0.6 is 11.3 Å². The smallest absolute Gasteiger partial charge is 0.0805 e. The lowest BCUT2D eigenvalue weighted by Crippen LogP contribution is -2.40. The van der Waals surface area contributed by atoms with E-state index in [-0.39, 0.29) is 0 Å². The van der Waals surface area contributed by atoms with Gasteiger partial charge in [0.1, 0.15) is 0 Å². The van der Waals surface area contributed by atoms with Crippen LogP contribution in [0.25, 0.3) is 0 Å². The van der Waals surface area contributed by atoms with Crippen molar-refractivity contribution in [2.45, 2.75) is 71.4 Å². The number of hydrogen-bond donors (Lipinski definition) is 1. The van der Waals surface area contributed by atoms with E-state index < -0.39 is 0 Å². The van der Waals surface area contributed by atoms with E-state index in [1.807, 2.05) is 11.3 Å². The summed E-state index contributed by atoms with van der Waals surface area (Å²) in [7, 11) is 0. The molecule has 1 aromatic rings. The van der Waals surface area contributed by atoms with Crippen LogP contribution in [0.15, 0.2) is 11.4 Å². The fraction of sp³-hybridized carbons (Fsp3) is 0.778. The quantitative estimate of drug-likeness (QED) is 0.723. The molecular formula is C18H31NOS. The maximum atomic E-state index is 6.26. The first-order valence-corrected chi connectivity index (χ1v) is 9.54. The van der Waals surface area contributed by atoms with Crippen molar-refractivity contribution in [3.63, 3.8) is 0 Å². The molecule has 0 spiro atoms. The summed E-state index contributed by atoms with van der Waals surface area (Å²) in [5, 5.41) is 6.00. The summed E-state index contributed by atoms with van der Waals surface area (Å²) in [5.74, 6) is 0.717. The highest BCUT2D eigenvalue weighted by atomic mass is 32.1. The van der Waals surface area contributed by atoms with Gasteiger partial charge >= 0.3 is 0 Å². The lowest BCUT2D eigenvalue weighted by molar-refractivity contribution is -0.0176. The molecule has 0 bridgehead atoms. The van der Waals surface area contributed by atoms with Crippen molar-refractivity contribution in [3.8, 4) is 0 Å². The Bertz CT molecular complexity index is 398. The second-order valence-electron chi connectivity index (χ2n) is 6.22. The van der Waals surface area contributed by atoms with Crippen LogP contribution in [-0.2, 0) is 4.74 Å². The van der Waals surface area contributed by atoms with E-state index in [9.17, 15) is 0 Å². The molecule has 1 heterocycles. The Balaban J connectivity index is 2.19. The van der Waals surface area contributed by atoms with E-state index >= 15 is 0 Å². The molecule has 2 rings (SSSR count). The maximum absolute atomic E-state index is 6.26. The summed E-state index contributed by atoms with van der Waals surface area (Å²) in [5.41, 5.74) is 1.41. The standard InChI is InChI=1S/C18H31NOS/c1-4-12-19-16(18-14(3)11-13-21-18)17(20-5-2)15-9-7-6-8-10-15/h11,13,15-17,19H,4-10,12H2,1-3H3. The minimum Gasteiger partial charge on any atom is -0.376 e.